The van der Waals surface area contributed by atoms with Crippen molar-refractivity contribution in [1.82, 2.24) is 0 Å². The van der Waals surface area contributed by atoms with Gasteiger partial charge in [0.25, 0.3) is 0 Å². The summed E-state index contributed by atoms with van der Waals surface area (Å²) in [6.45, 7) is 3.56. The van der Waals surface area contributed by atoms with Crippen molar-refractivity contribution in [3.8, 4) is 5.75 Å². The summed E-state index contributed by atoms with van der Waals surface area (Å²) in [5, 5.41) is 18.1. The standard InChI is InChI=1S/C11H15NO3/c1-6-4-10(13)7(2)3-8(6)9(12)5-11(14)15/h3-4,9,13H,5,12H2,1-2H3,(H,14,15). The van der Waals surface area contributed by atoms with Crippen molar-refractivity contribution in [2.24, 2.45) is 5.73 Å². The molecule has 4 heteroatoms. The maximum atomic E-state index is 10.5. The molecule has 0 heterocycles. The fraction of sp³-hybridized carbons (Fsp3) is 0.364. The van der Waals surface area contributed by atoms with Crippen LogP contribution in [-0.4, -0.2) is 16.2 Å². The molecule has 1 rings (SSSR count). The Morgan fingerprint density at radius 2 is 2.00 bits per heavy atom. The van der Waals surface area contributed by atoms with Crippen LogP contribution in [-0.2, 0) is 4.79 Å². The molecular weight excluding hydrogens is 194 g/mol. The van der Waals surface area contributed by atoms with Gasteiger partial charge in [0.15, 0.2) is 0 Å². The fourth-order valence-corrected chi connectivity index (χ4v) is 1.52. The molecule has 0 aromatic heterocycles. The minimum Gasteiger partial charge on any atom is -0.508 e. The molecule has 0 radical (unpaired) electrons. The van der Waals surface area contributed by atoms with Gasteiger partial charge in [-0.15, -0.1) is 0 Å². The number of aryl methyl sites for hydroxylation is 2. The van der Waals surface area contributed by atoms with Crippen LogP contribution in [0.2, 0.25) is 0 Å². The Morgan fingerprint density at radius 1 is 1.40 bits per heavy atom. The number of nitrogens with two attached hydrogens (primary N) is 1. The van der Waals surface area contributed by atoms with E-state index in [1.54, 1.807) is 26.0 Å². The number of aromatic hydroxyl groups is 1. The number of hydrogen-bond acceptors (Lipinski definition) is 3. The predicted octanol–water partition coefficient (Wildman–Crippen LogP) is 1.48. The molecule has 0 saturated heterocycles. The molecule has 0 amide bonds. The molecule has 1 unspecified atom stereocenters. The van der Waals surface area contributed by atoms with Gasteiger partial charge in [-0.05, 0) is 36.6 Å². The van der Waals surface area contributed by atoms with Crippen molar-refractivity contribution < 1.29 is 15.0 Å². The van der Waals surface area contributed by atoms with Crippen LogP contribution in [0, 0.1) is 13.8 Å². The number of rotatable bonds is 3. The van der Waals surface area contributed by atoms with Gasteiger partial charge >= 0.3 is 5.97 Å². The minimum atomic E-state index is -0.923. The first-order valence-electron chi connectivity index (χ1n) is 4.69. The van der Waals surface area contributed by atoms with Gasteiger partial charge in [0, 0.05) is 6.04 Å². The van der Waals surface area contributed by atoms with Crippen LogP contribution in [0.3, 0.4) is 0 Å². The van der Waals surface area contributed by atoms with E-state index in [1.165, 1.54) is 0 Å². The third-order valence-corrected chi connectivity index (χ3v) is 2.38. The number of carboxylic acids is 1. The summed E-state index contributed by atoms with van der Waals surface area (Å²) >= 11 is 0. The van der Waals surface area contributed by atoms with Crippen molar-refractivity contribution in [3.63, 3.8) is 0 Å². The van der Waals surface area contributed by atoms with E-state index >= 15 is 0 Å². The van der Waals surface area contributed by atoms with Gasteiger partial charge in [-0.1, -0.05) is 6.07 Å². The Kier molecular flexibility index (Phi) is 3.31. The van der Waals surface area contributed by atoms with Gasteiger partial charge in [0.2, 0.25) is 0 Å². The summed E-state index contributed by atoms with van der Waals surface area (Å²) in [5.74, 6) is -0.716. The third kappa shape index (κ3) is 2.70. The van der Waals surface area contributed by atoms with Crippen molar-refractivity contribution in [1.29, 1.82) is 0 Å². The average Bonchev–Trinajstić information content (AvgIpc) is 2.09. The van der Waals surface area contributed by atoms with Crippen molar-refractivity contribution in [2.45, 2.75) is 26.3 Å². The number of carboxylic acid groups (broad SMARTS) is 1. The number of benzene rings is 1. The second-order valence-corrected chi connectivity index (χ2v) is 3.70. The van der Waals surface area contributed by atoms with E-state index < -0.39 is 12.0 Å². The highest BCUT2D eigenvalue weighted by molar-refractivity contribution is 5.68. The van der Waals surface area contributed by atoms with E-state index in [2.05, 4.69) is 0 Å². The summed E-state index contributed by atoms with van der Waals surface area (Å²) in [7, 11) is 0. The number of aliphatic carboxylic acids is 1. The van der Waals surface area contributed by atoms with Gasteiger partial charge < -0.3 is 15.9 Å². The molecular formula is C11H15NO3. The molecule has 0 saturated carbocycles. The van der Waals surface area contributed by atoms with Crippen LogP contribution >= 0.6 is 0 Å². The molecule has 1 atom stereocenters. The van der Waals surface area contributed by atoms with Gasteiger partial charge in [-0.2, -0.15) is 0 Å². The van der Waals surface area contributed by atoms with Crippen LogP contribution < -0.4 is 5.73 Å². The number of phenols is 1. The van der Waals surface area contributed by atoms with Crippen LogP contribution in [0.5, 0.6) is 5.75 Å². The molecule has 0 aliphatic heterocycles. The van der Waals surface area contributed by atoms with Gasteiger partial charge in [0.1, 0.15) is 5.75 Å². The zero-order valence-corrected chi connectivity index (χ0v) is 8.82. The maximum Gasteiger partial charge on any atom is 0.305 e. The van der Waals surface area contributed by atoms with Crippen LogP contribution in [0.4, 0.5) is 0 Å². The first kappa shape index (κ1) is 11.5. The lowest BCUT2D eigenvalue weighted by molar-refractivity contribution is -0.137. The van der Waals surface area contributed by atoms with E-state index in [-0.39, 0.29) is 12.2 Å². The molecule has 1 aromatic carbocycles. The lowest BCUT2D eigenvalue weighted by atomic mass is 9.97. The number of carbonyl (C=O) groups is 1. The highest BCUT2D eigenvalue weighted by atomic mass is 16.4. The second-order valence-electron chi connectivity index (χ2n) is 3.70. The van der Waals surface area contributed by atoms with Crippen LogP contribution in [0.25, 0.3) is 0 Å². The topological polar surface area (TPSA) is 83.6 Å². The van der Waals surface area contributed by atoms with E-state index in [0.29, 0.717) is 5.56 Å². The lowest BCUT2D eigenvalue weighted by Crippen LogP contribution is -2.16. The average molecular weight is 209 g/mol. The lowest BCUT2D eigenvalue weighted by Gasteiger charge is -2.14. The first-order valence-corrected chi connectivity index (χ1v) is 4.69. The minimum absolute atomic E-state index is 0.106. The Morgan fingerprint density at radius 3 is 2.53 bits per heavy atom. The molecule has 82 valence electrons. The summed E-state index contributed by atoms with van der Waals surface area (Å²) in [6.07, 6.45) is -0.106. The monoisotopic (exact) mass is 209 g/mol. The summed E-state index contributed by atoms with van der Waals surface area (Å²) in [4.78, 5) is 10.5. The third-order valence-electron chi connectivity index (χ3n) is 2.38. The quantitative estimate of drug-likeness (QED) is 0.704. The van der Waals surface area contributed by atoms with E-state index in [1.807, 2.05) is 0 Å². The molecule has 0 aliphatic carbocycles. The van der Waals surface area contributed by atoms with E-state index in [0.717, 1.165) is 11.1 Å². The highest BCUT2D eigenvalue weighted by Gasteiger charge is 2.14. The predicted molar refractivity (Wildman–Crippen MR) is 56.8 cm³/mol. The van der Waals surface area contributed by atoms with E-state index in [4.69, 9.17) is 10.8 Å². The second kappa shape index (κ2) is 4.31. The Bertz CT molecular complexity index is 388. The van der Waals surface area contributed by atoms with Crippen LogP contribution in [0.1, 0.15) is 29.2 Å². The number of phenolic OH excluding ortho intramolecular Hbond substituents is 1. The molecule has 4 nitrogen and oxygen atoms in total. The normalized spacial score (nSPS) is 12.5. The smallest absolute Gasteiger partial charge is 0.305 e. The Labute approximate surface area is 88.3 Å². The van der Waals surface area contributed by atoms with Gasteiger partial charge in [0.05, 0.1) is 6.42 Å². The van der Waals surface area contributed by atoms with Gasteiger partial charge in [-0.25, -0.2) is 0 Å². The van der Waals surface area contributed by atoms with Crippen molar-refractivity contribution in [3.05, 3.63) is 28.8 Å². The molecule has 15 heavy (non-hydrogen) atoms. The maximum absolute atomic E-state index is 10.5. The first-order chi connectivity index (χ1) is 6.91. The van der Waals surface area contributed by atoms with Gasteiger partial charge in [-0.3, -0.25) is 4.79 Å². The summed E-state index contributed by atoms with van der Waals surface area (Å²) < 4.78 is 0. The van der Waals surface area contributed by atoms with Crippen molar-refractivity contribution in [2.75, 3.05) is 0 Å². The zero-order valence-electron chi connectivity index (χ0n) is 8.82. The largest absolute Gasteiger partial charge is 0.508 e. The molecule has 1 aromatic rings. The Hall–Kier alpha value is -1.55. The molecule has 4 N–H and O–H groups in total. The molecule has 0 spiro atoms. The van der Waals surface area contributed by atoms with E-state index in [9.17, 15) is 9.90 Å². The molecule has 0 aliphatic rings. The highest BCUT2D eigenvalue weighted by Crippen LogP contribution is 2.26. The fourth-order valence-electron chi connectivity index (χ4n) is 1.52. The van der Waals surface area contributed by atoms with Crippen LogP contribution in [0.15, 0.2) is 12.1 Å². The van der Waals surface area contributed by atoms with Crippen molar-refractivity contribution >= 4 is 5.97 Å². The molecule has 0 bridgehead atoms. The Balaban J connectivity index is 3.03. The summed E-state index contributed by atoms with van der Waals surface area (Å²) in [6, 6.07) is 2.81. The zero-order chi connectivity index (χ0) is 11.6. The SMILES string of the molecule is Cc1cc(C(N)CC(=O)O)c(C)cc1O. The molecule has 0 fully saturated rings. The summed E-state index contributed by atoms with van der Waals surface area (Å²) in [5.41, 5.74) is 8.04. The number of hydrogen-bond donors (Lipinski definition) is 3.